The molecule has 0 radical (unpaired) electrons. The highest BCUT2D eigenvalue weighted by Crippen LogP contribution is 2.25. The van der Waals surface area contributed by atoms with Crippen molar-refractivity contribution in [1.82, 2.24) is 20.1 Å². The molecule has 0 saturated heterocycles. The van der Waals surface area contributed by atoms with Gasteiger partial charge in [0.25, 0.3) is 5.91 Å². The summed E-state index contributed by atoms with van der Waals surface area (Å²) in [5, 5.41) is 8.28. The zero-order valence-corrected chi connectivity index (χ0v) is 17.7. The van der Waals surface area contributed by atoms with E-state index in [9.17, 15) is 4.79 Å². The molecular formula is C23H25ClN4O2. The third-order valence-corrected chi connectivity index (χ3v) is 5.50. The number of carbonyl (C=O) groups is 1. The molecule has 1 heterocycles. The molecule has 30 heavy (non-hydrogen) atoms. The summed E-state index contributed by atoms with van der Waals surface area (Å²) in [4.78, 5) is 17.4. The third-order valence-electron chi connectivity index (χ3n) is 5.25. The van der Waals surface area contributed by atoms with Crippen LogP contribution in [0.25, 0.3) is 17.1 Å². The Hall–Kier alpha value is -2.86. The Balaban J connectivity index is 1.67. The van der Waals surface area contributed by atoms with Gasteiger partial charge in [-0.05, 0) is 68.3 Å². The maximum Gasteiger partial charge on any atom is 0.291 e. The lowest BCUT2D eigenvalue weighted by Gasteiger charge is -2.21. The van der Waals surface area contributed by atoms with Crippen molar-refractivity contribution in [1.29, 1.82) is 0 Å². The van der Waals surface area contributed by atoms with E-state index in [1.54, 1.807) is 16.8 Å². The van der Waals surface area contributed by atoms with E-state index in [0.717, 1.165) is 42.7 Å². The van der Waals surface area contributed by atoms with Crippen LogP contribution in [0.3, 0.4) is 0 Å². The van der Waals surface area contributed by atoms with E-state index in [2.05, 4.69) is 15.4 Å². The maximum atomic E-state index is 12.8. The average Bonchev–Trinajstić information content (AvgIpc) is 3.21. The second-order valence-corrected chi connectivity index (χ2v) is 7.85. The lowest BCUT2D eigenvalue weighted by molar-refractivity contribution is 0.0917. The number of amides is 1. The maximum absolute atomic E-state index is 12.8. The fourth-order valence-corrected chi connectivity index (χ4v) is 3.85. The molecule has 6 nitrogen and oxygen atoms in total. The van der Waals surface area contributed by atoms with Crippen LogP contribution in [-0.4, -0.2) is 33.3 Å². The van der Waals surface area contributed by atoms with Crippen LogP contribution in [0.4, 0.5) is 0 Å². The van der Waals surface area contributed by atoms with E-state index < -0.39 is 0 Å². The van der Waals surface area contributed by atoms with Gasteiger partial charge in [-0.3, -0.25) is 4.79 Å². The van der Waals surface area contributed by atoms with Crippen molar-refractivity contribution < 1.29 is 9.53 Å². The highest BCUT2D eigenvalue weighted by atomic mass is 35.5. The Morgan fingerprint density at radius 3 is 2.47 bits per heavy atom. The van der Waals surface area contributed by atoms with Crippen molar-refractivity contribution in [3.05, 3.63) is 59.4 Å². The number of benzene rings is 2. The van der Waals surface area contributed by atoms with Crippen molar-refractivity contribution in [3.8, 4) is 22.8 Å². The number of ether oxygens (including phenoxy) is 1. The van der Waals surface area contributed by atoms with E-state index >= 15 is 0 Å². The molecule has 1 saturated carbocycles. The number of hydrogen-bond acceptors (Lipinski definition) is 4. The normalized spacial score (nSPS) is 14.5. The van der Waals surface area contributed by atoms with Gasteiger partial charge in [-0.15, -0.1) is 5.10 Å². The minimum Gasteiger partial charge on any atom is -0.494 e. The molecule has 0 atom stereocenters. The molecule has 1 aromatic heterocycles. The zero-order chi connectivity index (χ0) is 20.9. The molecule has 0 spiro atoms. The van der Waals surface area contributed by atoms with Gasteiger partial charge in [0.05, 0.1) is 12.3 Å². The molecule has 4 rings (SSSR count). The average molecular weight is 425 g/mol. The van der Waals surface area contributed by atoms with Crippen molar-refractivity contribution in [3.63, 3.8) is 0 Å². The van der Waals surface area contributed by atoms with Crippen molar-refractivity contribution in [2.75, 3.05) is 6.61 Å². The molecule has 1 N–H and O–H groups in total. The minimum atomic E-state index is -0.234. The number of aromatic nitrogens is 3. The Bertz CT molecular complexity index is 993. The molecule has 156 valence electrons. The van der Waals surface area contributed by atoms with Crippen molar-refractivity contribution >= 4 is 17.5 Å². The third kappa shape index (κ3) is 4.65. The molecule has 1 fully saturated rings. The largest absolute Gasteiger partial charge is 0.494 e. The number of nitrogens with zero attached hydrogens (tertiary/aromatic N) is 3. The summed E-state index contributed by atoms with van der Waals surface area (Å²) in [7, 11) is 0. The van der Waals surface area contributed by atoms with Gasteiger partial charge in [0.15, 0.2) is 5.82 Å². The summed E-state index contributed by atoms with van der Waals surface area (Å²) in [6, 6.07) is 15.1. The Labute approximate surface area is 181 Å². The summed E-state index contributed by atoms with van der Waals surface area (Å²) in [6.45, 7) is 2.55. The van der Waals surface area contributed by atoms with Crippen LogP contribution in [0, 0.1) is 0 Å². The lowest BCUT2D eigenvalue weighted by Crippen LogP contribution is -2.36. The van der Waals surface area contributed by atoms with Gasteiger partial charge in [-0.2, -0.15) is 0 Å². The van der Waals surface area contributed by atoms with Gasteiger partial charge < -0.3 is 10.1 Å². The van der Waals surface area contributed by atoms with Crippen LogP contribution in [0.2, 0.25) is 5.02 Å². The zero-order valence-electron chi connectivity index (χ0n) is 17.0. The Kier molecular flexibility index (Phi) is 6.33. The molecule has 0 aliphatic heterocycles. The molecular weight excluding hydrogens is 400 g/mol. The van der Waals surface area contributed by atoms with Crippen LogP contribution >= 0.6 is 11.6 Å². The quantitative estimate of drug-likeness (QED) is 0.601. The first-order valence-corrected chi connectivity index (χ1v) is 10.8. The Morgan fingerprint density at radius 1 is 1.10 bits per heavy atom. The predicted molar refractivity (Wildman–Crippen MR) is 117 cm³/mol. The standard InChI is InChI=1S/C23H25ClN4O2/c1-2-30-20-14-12-19(13-15-20)28-22(16-8-10-17(24)11-9-16)26-21(27-28)23(29)25-18-6-4-3-5-7-18/h8-15,18H,2-7H2,1H3,(H,25,29). The number of rotatable bonds is 6. The smallest absolute Gasteiger partial charge is 0.291 e. The number of halogens is 1. The molecule has 0 unspecified atom stereocenters. The molecule has 0 bridgehead atoms. The molecule has 7 heteroatoms. The van der Waals surface area contributed by atoms with Gasteiger partial charge in [-0.25, -0.2) is 9.67 Å². The molecule has 1 aliphatic rings. The SMILES string of the molecule is CCOc1ccc(-n2nc(C(=O)NC3CCCCC3)nc2-c2ccc(Cl)cc2)cc1. The molecule has 1 amide bonds. The fourth-order valence-electron chi connectivity index (χ4n) is 3.72. The Morgan fingerprint density at radius 2 is 1.80 bits per heavy atom. The van der Waals surface area contributed by atoms with E-state index in [1.165, 1.54) is 6.42 Å². The van der Waals surface area contributed by atoms with Crippen LogP contribution in [0.5, 0.6) is 5.75 Å². The highest BCUT2D eigenvalue weighted by molar-refractivity contribution is 6.30. The van der Waals surface area contributed by atoms with Gasteiger partial charge in [0.2, 0.25) is 5.82 Å². The summed E-state index contributed by atoms with van der Waals surface area (Å²) in [5.74, 6) is 1.30. The predicted octanol–water partition coefficient (Wildman–Crippen LogP) is 5.05. The summed E-state index contributed by atoms with van der Waals surface area (Å²) < 4.78 is 7.22. The van der Waals surface area contributed by atoms with E-state index in [1.807, 2.05) is 43.3 Å². The van der Waals surface area contributed by atoms with Gasteiger partial charge in [-0.1, -0.05) is 30.9 Å². The van der Waals surface area contributed by atoms with Crippen LogP contribution in [0.15, 0.2) is 48.5 Å². The first-order chi connectivity index (χ1) is 14.6. The first-order valence-electron chi connectivity index (χ1n) is 10.4. The van der Waals surface area contributed by atoms with Gasteiger partial charge in [0, 0.05) is 16.6 Å². The second kappa shape index (κ2) is 9.30. The van der Waals surface area contributed by atoms with Crippen LogP contribution in [0.1, 0.15) is 49.6 Å². The molecule has 3 aromatic rings. The number of nitrogens with one attached hydrogen (secondary N) is 1. The van der Waals surface area contributed by atoms with Crippen LogP contribution in [-0.2, 0) is 0 Å². The van der Waals surface area contributed by atoms with E-state index in [4.69, 9.17) is 16.3 Å². The summed E-state index contributed by atoms with van der Waals surface area (Å²) >= 11 is 6.05. The van der Waals surface area contributed by atoms with Crippen molar-refractivity contribution in [2.24, 2.45) is 0 Å². The summed E-state index contributed by atoms with van der Waals surface area (Å²) in [6.07, 6.45) is 5.55. The van der Waals surface area contributed by atoms with Gasteiger partial charge in [0.1, 0.15) is 5.75 Å². The second-order valence-electron chi connectivity index (χ2n) is 7.41. The lowest BCUT2D eigenvalue weighted by atomic mass is 9.95. The highest BCUT2D eigenvalue weighted by Gasteiger charge is 2.22. The summed E-state index contributed by atoms with van der Waals surface area (Å²) in [5.41, 5.74) is 1.63. The molecule has 1 aliphatic carbocycles. The number of hydrogen-bond donors (Lipinski definition) is 1. The fraction of sp³-hybridized carbons (Fsp3) is 0.348. The van der Waals surface area contributed by atoms with Crippen LogP contribution < -0.4 is 10.1 Å². The number of carbonyl (C=O) groups excluding carboxylic acids is 1. The monoisotopic (exact) mass is 424 g/mol. The van der Waals surface area contributed by atoms with Crippen molar-refractivity contribution in [2.45, 2.75) is 45.1 Å². The first kappa shape index (κ1) is 20.4. The van der Waals surface area contributed by atoms with E-state index in [-0.39, 0.29) is 17.8 Å². The molecule has 2 aromatic carbocycles. The van der Waals surface area contributed by atoms with E-state index in [0.29, 0.717) is 17.5 Å². The topological polar surface area (TPSA) is 69.0 Å². The van der Waals surface area contributed by atoms with Gasteiger partial charge >= 0.3 is 0 Å². The minimum absolute atomic E-state index is 0.166.